The molecule has 0 radical (unpaired) electrons. The molecule has 0 saturated carbocycles. The summed E-state index contributed by atoms with van der Waals surface area (Å²) in [6, 6.07) is 18.3. The van der Waals surface area contributed by atoms with Crippen LogP contribution in [0, 0.1) is 0 Å². The van der Waals surface area contributed by atoms with E-state index in [2.05, 4.69) is 43.8 Å². The van der Waals surface area contributed by atoms with Gasteiger partial charge in [-0.25, -0.2) is 4.98 Å². The average Bonchev–Trinajstić information content (AvgIpc) is 3.31. The highest BCUT2D eigenvalue weighted by molar-refractivity contribution is 9.10. The van der Waals surface area contributed by atoms with Gasteiger partial charge in [0.05, 0.1) is 11.9 Å². The van der Waals surface area contributed by atoms with E-state index >= 15 is 0 Å². The van der Waals surface area contributed by atoms with Crippen LogP contribution < -0.4 is 0 Å². The summed E-state index contributed by atoms with van der Waals surface area (Å²) in [6.07, 6.45) is 2.82. The molecule has 0 amide bonds. The van der Waals surface area contributed by atoms with Gasteiger partial charge in [0.2, 0.25) is 0 Å². The van der Waals surface area contributed by atoms with Crippen molar-refractivity contribution < 1.29 is 0 Å². The molecule has 2 aromatic carbocycles. The third-order valence-corrected chi connectivity index (χ3v) is 5.32. The van der Waals surface area contributed by atoms with Crippen molar-refractivity contribution in [1.29, 1.82) is 0 Å². The highest BCUT2D eigenvalue weighted by Gasteiger charge is 2.07. The molecule has 6 heteroatoms. The average molecular weight is 411 g/mol. The fourth-order valence-corrected chi connectivity index (χ4v) is 3.65. The Hall–Kier alpha value is -2.31. The van der Waals surface area contributed by atoms with Crippen molar-refractivity contribution in [1.82, 2.24) is 20.0 Å². The van der Waals surface area contributed by atoms with E-state index in [1.54, 1.807) is 11.3 Å². The minimum absolute atomic E-state index is 0.767. The van der Waals surface area contributed by atoms with Crippen LogP contribution in [0.4, 0.5) is 0 Å². The van der Waals surface area contributed by atoms with Crippen molar-refractivity contribution in [3.63, 3.8) is 0 Å². The highest BCUT2D eigenvalue weighted by atomic mass is 79.9. The molecule has 124 valence electrons. The first-order valence-electron chi connectivity index (χ1n) is 7.94. The van der Waals surface area contributed by atoms with E-state index in [1.807, 2.05) is 53.3 Å². The maximum absolute atomic E-state index is 4.73. The number of thiazole rings is 1. The summed E-state index contributed by atoms with van der Waals surface area (Å²) in [5.41, 5.74) is 4.21. The van der Waals surface area contributed by atoms with Crippen molar-refractivity contribution >= 4 is 27.3 Å². The van der Waals surface area contributed by atoms with Gasteiger partial charge in [0.25, 0.3) is 0 Å². The molecular formula is C19H15BrN4S. The number of hydrogen-bond donors (Lipinski definition) is 0. The Morgan fingerprint density at radius 1 is 0.960 bits per heavy atom. The number of rotatable bonds is 5. The number of halogens is 1. The van der Waals surface area contributed by atoms with Crippen LogP contribution in [-0.4, -0.2) is 20.0 Å². The lowest BCUT2D eigenvalue weighted by Gasteiger charge is -1.98. The monoisotopic (exact) mass is 410 g/mol. The van der Waals surface area contributed by atoms with E-state index in [1.165, 1.54) is 0 Å². The van der Waals surface area contributed by atoms with E-state index in [4.69, 9.17) is 4.98 Å². The predicted molar refractivity (Wildman–Crippen MR) is 104 cm³/mol. The molecule has 0 bridgehead atoms. The standard InChI is InChI=1S/C19H15BrN4S/c20-16-8-6-15(7-9-16)19-21-17(13-25-19)10-11-24-12-18(22-23-24)14-4-2-1-3-5-14/h1-9,12-13H,10-11H2. The van der Waals surface area contributed by atoms with Crippen molar-refractivity contribution in [2.24, 2.45) is 0 Å². The van der Waals surface area contributed by atoms with Gasteiger partial charge in [-0.1, -0.05) is 63.6 Å². The molecule has 0 N–H and O–H groups in total. The van der Waals surface area contributed by atoms with Gasteiger partial charge < -0.3 is 0 Å². The predicted octanol–water partition coefficient (Wildman–Crippen LogP) is 5.07. The quantitative estimate of drug-likeness (QED) is 0.460. The first-order valence-corrected chi connectivity index (χ1v) is 9.61. The number of aryl methyl sites for hydroxylation is 2. The van der Waals surface area contributed by atoms with Crippen LogP contribution in [0.3, 0.4) is 0 Å². The Balaban J connectivity index is 1.42. The van der Waals surface area contributed by atoms with Crippen LogP contribution in [0.5, 0.6) is 0 Å². The molecule has 4 rings (SSSR count). The number of hydrogen-bond acceptors (Lipinski definition) is 4. The van der Waals surface area contributed by atoms with Gasteiger partial charge >= 0.3 is 0 Å². The fourth-order valence-electron chi connectivity index (χ4n) is 2.52. The number of nitrogens with zero attached hydrogens (tertiary/aromatic N) is 4. The van der Waals surface area contributed by atoms with Crippen molar-refractivity contribution in [3.05, 3.63) is 76.3 Å². The van der Waals surface area contributed by atoms with Crippen molar-refractivity contribution in [2.45, 2.75) is 13.0 Å². The van der Waals surface area contributed by atoms with Crippen molar-refractivity contribution in [2.75, 3.05) is 0 Å². The lowest BCUT2D eigenvalue weighted by molar-refractivity contribution is 0.585. The molecule has 0 aliphatic heterocycles. The Morgan fingerprint density at radius 3 is 2.56 bits per heavy atom. The molecular weight excluding hydrogens is 396 g/mol. The highest BCUT2D eigenvalue weighted by Crippen LogP contribution is 2.25. The lowest BCUT2D eigenvalue weighted by atomic mass is 10.2. The summed E-state index contributed by atoms with van der Waals surface area (Å²) in [7, 11) is 0. The summed E-state index contributed by atoms with van der Waals surface area (Å²) in [5.74, 6) is 0. The second-order valence-electron chi connectivity index (χ2n) is 5.63. The van der Waals surface area contributed by atoms with Crippen LogP contribution >= 0.6 is 27.3 Å². The molecule has 25 heavy (non-hydrogen) atoms. The molecule has 0 atom stereocenters. The summed E-state index contributed by atoms with van der Waals surface area (Å²) in [6.45, 7) is 0.767. The van der Waals surface area contributed by atoms with Crippen molar-refractivity contribution in [3.8, 4) is 21.8 Å². The van der Waals surface area contributed by atoms with E-state index in [-0.39, 0.29) is 0 Å². The van der Waals surface area contributed by atoms with Crippen LogP contribution in [0.25, 0.3) is 21.8 Å². The zero-order valence-corrected chi connectivity index (χ0v) is 15.7. The molecule has 0 aliphatic rings. The molecule has 0 spiro atoms. The first kappa shape index (κ1) is 16.2. The van der Waals surface area contributed by atoms with Gasteiger partial charge in [-0.2, -0.15) is 0 Å². The minimum atomic E-state index is 0.767. The summed E-state index contributed by atoms with van der Waals surface area (Å²) in [5, 5.41) is 11.6. The molecule has 2 aromatic heterocycles. The molecule has 4 nitrogen and oxygen atoms in total. The third kappa shape index (κ3) is 3.86. The van der Waals surface area contributed by atoms with E-state index < -0.39 is 0 Å². The lowest BCUT2D eigenvalue weighted by Crippen LogP contribution is -2.02. The zero-order valence-electron chi connectivity index (χ0n) is 13.3. The molecule has 4 aromatic rings. The smallest absolute Gasteiger partial charge is 0.123 e. The maximum atomic E-state index is 4.73. The number of benzene rings is 2. The second kappa shape index (κ2) is 7.29. The zero-order chi connectivity index (χ0) is 17.1. The molecule has 0 aliphatic carbocycles. The van der Waals surface area contributed by atoms with E-state index in [0.717, 1.165) is 45.0 Å². The summed E-state index contributed by atoms with van der Waals surface area (Å²) >= 11 is 5.13. The molecule has 2 heterocycles. The topological polar surface area (TPSA) is 43.6 Å². The maximum Gasteiger partial charge on any atom is 0.123 e. The minimum Gasteiger partial charge on any atom is -0.252 e. The van der Waals surface area contributed by atoms with Gasteiger partial charge in [-0.05, 0) is 12.1 Å². The largest absolute Gasteiger partial charge is 0.252 e. The van der Waals surface area contributed by atoms with Crippen LogP contribution in [0.15, 0.2) is 70.6 Å². The van der Waals surface area contributed by atoms with Gasteiger partial charge in [0.1, 0.15) is 10.7 Å². The Labute approximate surface area is 158 Å². The van der Waals surface area contributed by atoms with Gasteiger partial charge in [0, 0.05) is 33.9 Å². The first-order chi connectivity index (χ1) is 12.3. The summed E-state index contributed by atoms with van der Waals surface area (Å²) < 4.78 is 2.95. The Kier molecular flexibility index (Phi) is 4.72. The number of aromatic nitrogens is 4. The third-order valence-electron chi connectivity index (χ3n) is 3.85. The van der Waals surface area contributed by atoms with E-state index in [9.17, 15) is 0 Å². The van der Waals surface area contributed by atoms with Gasteiger partial charge in [-0.15, -0.1) is 16.4 Å². The Morgan fingerprint density at radius 2 is 1.76 bits per heavy atom. The summed E-state index contributed by atoms with van der Waals surface area (Å²) in [4.78, 5) is 4.73. The molecule has 0 fully saturated rings. The van der Waals surface area contributed by atoms with E-state index in [0.29, 0.717) is 0 Å². The van der Waals surface area contributed by atoms with Crippen LogP contribution in [0.1, 0.15) is 5.69 Å². The normalized spacial score (nSPS) is 10.9. The van der Waals surface area contributed by atoms with Crippen LogP contribution in [-0.2, 0) is 13.0 Å². The Bertz CT molecular complexity index is 961. The SMILES string of the molecule is Brc1ccc(-c2nc(CCn3cc(-c4ccccc4)nn3)cs2)cc1. The fraction of sp³-hybridized carbons (Fsp3) is 0.105. The molecule has 0 unspecified atom stereocenters. The van der Waals surface area contributed by atoms with Crippen LogP contribution in [0.2, 0.25) is 0 Å². The second-order valence-corrected chi connectivity index (χ2v) is 7.41. The molecule has 0 saturated heterocycles. The van der Waals surface area contributed by atoms with Gasteiger partial charge in [0.15, 0.2) is 0 Å². The van der Waals surface area contributed by atoms with Gasteiger partial charge in [-0.3, -0.25) is 4.68 Å².